The molecule has 0 aliphatic rings. The van der Waals surface area contributed by atoms with Crippen LogP contribution in [-0.4, -0.2) is 5.91 Å². The van der Waals surface area contributed by atoms with E-state index in [9.17, 15) is 10.1 Å². The molecule has 0 saturated carbocycles. The summed E-state index contributed by atoms with van der Waals surface area (Å²) in [5.41, 5.74) is 2.47. The molecule has 0 atom stereocenters. The Morgan fingerprint density at radius 1 is 1.11 bits per heavy atom. The minimum atomic E-state index is -0.501. The predicted octanol–water partition coefficient (Wildman–Crippen LogP) is 6.36. The number of rotatable bonds is 5. The van der Waals surface area contributed by atoms with Gasteiger partial charge >= 0.3 is 0 Å². The summed E-state index contributed by atoms with van der Waals surface area (Å²) in [6.07, 6.45) is 2.31. The number of amides is 1. The molecule has 1 heterocycles. The number of carbonyl (C=O) groups is 1. The van der Waals surface area contributed by atoms with Gasteiger partial charge in [0.25, 0.3) is 5.91 Å². The molecule has 6 heteroatoms. The summed E-state index contributed by atoms with van der Waals surface area (Å²) in [6, 6.07) is 17.9. The largest absolute Gasteiger partial charge is 0.457 e. The normalized spacial score (nSPS) is 11.1. The van der Waals surface area contributed by atoms with Gasteiger partial charge in [0.05, 0.1) is 10.0 Å². The van der Waals surface area contributed by atoms with Gasteiger partial charge in [-0.1, -0.05) is 42.3 Å². The molecule has 0 unspecified atom stereocenters. The summed E-state index contributed by atoms with van der Waals surface area (Å²) < 4.78 is 5.72. The third-order valence-electron chi connectivity index (χ3n) is 4.10. The van der Waals surface area contributed by atoms with Crippen LogP contribution in [0.1, 0.15) is 18.2 Å². The van der Waals surface area contributed by atoms with Crippen molar-refractivity contribution in [3.05, 3.63) is 81.5 Å². The number of halogens is 2. The lowest BCUT2D eigenvalue weighted by molar-refractivity contribution is -0.112. The third-order valence-corrected chi connectivity index (χ3v) is 4.84. The van der Waals surface area contributed by atoms with E-state index in [1.807, 2.05) is 18.2 Å². The van der Waals surface area contributed by atoms with Crippen molar-refractivity contribution in [1.29, 1.82) is 5.26 Å². The van der Waals surface area contributed by atoms with Crippen LogP contribution in [0.15, 0.2) is 64.6 Å². The summed E-state index contributed by atoms with van der Waals surface area (Å²) in [7, 11) is 0. The van der Waals surface area contributed by atoms with Crippen molar-refractivity contribution in [3.63, 3.8) is 0 Å². The smallest absolute Gasteiger partial charge is 0.266 e. The Morgan fingerprint density at radius 2 is 1.86 bits per heavy atom. The van der Waals surface area contributed by atoms with E-state index in [1.165, 1.54) is 11.6 Å². The van der Waals surface area contributed by atoms with E-state index in [-0.39, 0.29) is 5.57 Å². The number of nitrogens with one attached hydrogen (secondary N) is 1. The first-order valence-corrected chi connectivity index (χ1v) is 9.33. The fourth-order valence-corrected chi connectivity index (χ4v) is 2.85. The molecular formula is C22H16Cl2N2O2. The molecule has 1 amide bonds. The van der Waals surface area contributed by atoms with Crippen molar-refractivity contribution in [2.24, 2.45) is 0 Å². The van der Waals surface area contributed by atoms with Crippen LogP contribution in [0.25, 0.3) is 17.4 Å². The van der Waals surface area contributed by atoms with E-state index in [4.69, 9.17) is 27.6 Å². The fraction of sp³-hybridized carbons (Fsp3) is 0.0909. The van der Waals surface area contributed by atoms with E-state index in [1.54, 1.807) is 42.5 Å². The number of carbonyl (C=O) groups excluding carboxylic acids is 1. The van der Waals surface area contributed by atoms with E-state index >= 15 is 0 Å². The Labute approximate surface area is 173 Å². The quantitative estimate of drug-likeness (QED) is 0.392. The van der Waals surface area contributed by atoms with E-state index in [0.29, 0.717) is 27.3 Å². The maximum absolute atomic E-state index is 12.4. The SMILES string of the molecule is CCc1ccc(NC(=O)/C(C#N)=C/c2ccc(-c3ccc(Cl)c(Cl)c3)o2)cc1. The van der Waals surface area contributed by atoms with Crippen molar-refractivity contribution in [2.75, 3.05) is 5.32 Å². The first-order chi connectivity index (χ1) is 13.5. The highest BCUT2D eigenvalue weighted by Crippen LogP contribution is 2.30. The predicted molar refractivity (Wildman–Crippen MR) is 112 cm³/mol. The number of aryl methyl sites for hydroxylation is 1. The minimum absolute atomic E-state index is 0.0605. The Hall–Kier alpha value is -3.00. The second-order valence-electron chi connectivity index (χ2n) is 6.01. The number of nitriles is 1. The topological polar surface area (TPSA) is 66.0 Å². The zero-order valence-corrected chi connectivity index (χ0v) is 16.5. The lowest BCUT2D eigenvalue weighted by atomic mass is 10.1. The van der Waals surface area contributed by atoms with Crippen molar-refractivity contribution >= 4 is 40.9 Å². The van der Waals surface area contributed by atoms with Crippen LogP contribution in [0.4, 0.5) is 5.69 Å². The van der Waals surface area contributed by atoms with Crippen LogP contribution in [0.3, 0.4) is 0 Å². The molecule has 0 spiro atoms. The van der Waals surface area contributed by atoms with Crippen molar-refractivity contribution in [2.45, 2.75) is 13.3 Å². The molecule has 3 aromatic rings. The molecule has 0 aliphatic heterocycles. The zero-order chi connectivity index (χ0) is 20.1. The molecule has 0 bridgehead atoms. The van der Waals surface area contributed by atoms with Gasteiger partial charge in [0.15, 0.2) is 0 Å². The number of nitrogens with zero attached hydrogens (tertiary/aromatic N) is 1. The number of anilines is 1. The number of hydrogen-bond donors (Lipinski definition) is 1. The molecule has 28 heavy (non-hydrogen) atoms. The van der Waals surface area contributed by atoms with E-state index < -0.39 is 5.91 Å². The molecule has 4 nitrogen and oxygen atoms in total. The molecule has 1 aromatic heterocycles. The van der Waals surface area contributed by atoms with Crippen LogP contribution in [0.5, 0.6) is 0 Å². The van der Waals surface area contributed by atoms with Crippen molar-refractivity contribution in [3.8, 4) is 17.4 Å². The average molecular weight is 411 g/mol. The summed E-state index contributed by atoms with van der Waals surface area (Å²) >= 11 is 12.0. The third kappa shape index (κ3) is 4.64. The van der Waals surface area contributed by atoms with Gasteiger partial charge in [-0.2, -0.15) is 5.26 Å². The summed E-state index contributed by atoms with van der Waals surface area (Å²) in [5, 5.41) is 12.9. The van der Waals surface area contributed by atoms with Gasteiger partial charge in [0.2, 0.25) is 0 Å². The average Bonchev–Trinajstić information content (AvgIpc) is 3.17. The molecule has 0 aliphatic carbocycles. The summed E-state index contributed by atoms with van der Waals surface area (Å²) in [5.74, 6) is 0.436. The highest BCUT2D eigenvalue weighted by atomic mass is 35.5. The minimum Gasteiger partial charge on any atom is -0.457 e. The van der Waals surface area contributed by atoms with Crippen molar-refractivity contribution < 1.29 is 9.21 Å². The molecule has 3 rings (SSSR count). The molecule has 140 valence electrons. The lowest BCUT2D eigenvalue weighted by Gasteiger charge is -2.05. The standard InChI is InChI=1S/C22H16Cl2N2O2/c1-2-14-3-6-17(7-4-14)26-22(27)16(13-25)11-18-8-10-21(28-18)15-5-9-19(23)20(24)12-15/h3-12H,2H2,1H3,(H,26,27)/b16-11+. The van der Waals surface area contributed by atoms with Crippen LogP contribution in [0.2, 0.25) is 10.0 Å². The monoisotopic (exact) mass is 410 g/mol. The summed E-state index contributed by atoms with van der Waals surface area (Å²) in [6.45, 7) is 2.06. The Morgan fingerprint density at radius 3 is 2.50 bits per heavy atom. The van der Waals surface area contributed by atoms with E-state index in [2.05, 4.69) is 12.2 Å². The molecule has 0 radical (unpaired) electrons. The molecule has 0 saturated heterocycles. The molecular weight excluding hydrogens is 395 g/mol. The van der Waals surface area contributed by atoms with Gasteiger partial charge in [-0.25, -0.2) is 0 Å². The van der Waals surface area contributed by atoms with Gasteiger partial charge in [0, 0.05) is 17.3 Å². The fourth-order valence-electron chi connectivity index (χ4n) is 2.55. The highest BCUT2D eigenvalue weighted by Gasteiger charge is 2.12. The Balaban J connectivity index is 1.78. The van der Waals surface area contributed by atoms with Gasteiger partial charge in [-0.05, 0) is 54.4 Å². The maximum Gasteiger partial charge on any atom is 0.266 e. The number of benzene rings is 2. The maximum atomic E-state index is 12.4. The van der Waals surface area contributed by atoms with Crippen LogP contribution in [0, 0.1) is 11.3 Å². The second kappa shape index (κ2) is 8.79. The molecule has 2 aromatic carbocycles. The van der Waals surface area contributed by atoms with Gasteiger partial charge in [-0.3, -0.25) is 4.79 Å². The first kappa shape index (κ1) is 19.8. The molecule has 0 fully saturated rings. The molecule has 1 N–H and O–H groups in total. The summed E-state index contributed by atoms with van der Waals surface area (Å²) in [4.78, 5) is 12.4. The number of hydrogen-bond acceptors (Lipinski definition) is 3. The zero-order valence-electron chi connectivity index (χ0n) is 15.0. The highest BCUT2D eigenvalue weighted by molar-refractivity contribution is 6.42. The van der Waals surface area contributed by atoms with Crippen molar-refractivity contribution in [1.82, 2.24) is 0 Å². The van der Waals surface area contributed by atoms with Crippen LogP contribution in [-0.2, 0) is 11.2 Å². The first-order valence-electron chi connectivity index (χ1n) is 8.57. The van der Waals surface area contributed by atoms with Crippen LogP contribution >= 0.6 is 23.2 Å². The Bertz CT molecular complexity index is 1080. The van der Waals surface area contributed by atoms with Crippen LogP contribution < -0.4 is 5.32 Å². The van der Waals surface area contributed by atoms with Gasteiger partial charge in [-0.15, -0.1) is 0 Å². The van der Waals surface area contributed by atoms with Gasteiger partial charge < -0.3 is 9.73 Å². The second-order valence-corrected chi connectivity index (χ2v) is 6.82. The van der Waals surface area contributed by atoms with E-state index in [0.717, 1.165) is 12.0 Å². The lowest BCUT2D eigenvalue weighted by Crippen LogP contribution is -2.13. The number of furan rings is 1. The van der Waals surface area contributed by atoms with Gasteiger partial charge in [0.1, 0.15) is 23.2 Å². The Kier molecular flexibility index (Phi) is 6.20.